The summed E-state index contributed by atoms with van der Waals surface area (Å²) in [6.07, 6.45) is 3.25. The van der Waals surface area contributed by atoms with E-state index in [4.69, 9.17) is 4.74 Å². The fourth-order valence-corrected chi connectivity index (χ4v) is 8.23. The number of rotatable bonds is 7. The first-order valence-electron chi connectivity index (χ1n) is 13.6. The third-order valence-corrected chi connectivity index (χ3v) is 9.94. The molecule has 1 N–H and O–H groups in total. The van der Waals surface area contributed by atoms with Crippen molar-refractivity contribution in [3.63, 3.8) is 0 Å². The van der Waals surface area contributed by atoms with E-state index in [-0.39, 0.29) is 23.9 Å². The summed E-state index contributed by atoms with van der Waals surface area (Å²) < 4.78 is 6.42. The smallest absolute Gasteiger partial charge is 0.338 e. The second-order valence-electron chi connectivity index (χ2n) is 10.1. The van der Waals surface area contributed by atoms with Crippen LogP contribution in [0.1, 0.15) is 39.2 Å². The molecular weight excluding hydrogens is 588 g/mol. The van der Waals surface area contributed by atoms with Gasteiger partial charge in [0, 0.05) is 28.9 Å². The molecule has 3 unspecified atom stereocenters. The van der Waals surface area contributed by atoms with Crippen LogP contribution in [0.5, 0.6) is 0 Å². The molecule has 4 heterocycles. The molecule has 2 aliphatic rings. The molecule has 0 radical (unpaired) electrons. The van der Waals surface area contributed by atoms with Crippen LogP contribution in [0.3, 0.4) is 0 Å². The SMILES string of the molecule is CCOC(=O)c1ccc(N2C(=O)C3Sc4c(sc(=O)n4CC(=O)Nc4cccc(C)c4)C(c4cccnc4)C3C2=O)cc1. The topological polar surface area (TPSA) is 128 Å². The first kappa shape index (κ1) is 28.6. The summed E-state index contributed by atoms with van der Waals surface area (Å²) in [5, 5.41) is 2.49. The van der Waals surface area contributed by atoms with Crippen LogP contribution in [-0.2, 0) is 25.7 Å². The number of hydrogen-bond acceptors (Lipinski definition) is 9. The van der Waals surface area contributed by atoms with Gasteiger partial charge in [-0.05, 0) is 67.4 Å². The molecule has 12 heteroatoms. The van der Waals surface area contributed by atoms with Crippen molar-refractivity contribution in [2.75, 3.05) is 16.8 Å². The zero-order chi connectivity index (χ0) is 30.2. The standard InChI is InChI=1S/C31H26N4O6S2/c1-3-41-30(39)18-9-11-21(12-10-18)35-27(37)24-23(19-7-5-13-32-15-19)26-29(42-25(24)28(35)38)34(31(40)43-26)16-22(36)33-20-8-4-6-17(2)14-20/h4-15,23-25H,3,16H2,1-2H3,(H,33,36). The van der Waals surface area contributed by atoms with Gasteiger partial charge in [-0.25, -0.2) is 9.69 Å². The monoisotopic (exact) mass is 614 g/mol. The van der Waals surface area contributed by atoms with Crippen LogP contribution in [0.2, 0.25) is 0 Å². The van der Waals surface area contributed by atoms with Gasteiger partial charge in [0.15, 0.2) is 0 Å². The molecular formula is C31H26N4O6S2. The molecule has 0 aliphatic carbocycles. The predicted molar refractivity (Wildman–Crippen MR) is 162 cm³/mol. The molecule has 0 bridgehead atoms. The minimum absolute atomic E-state index is 0.225. The van der Waals surface area contributed by atoms with Crippen LogP contribution in [0.25, 0.3) is 0 Å². The number of carbonyl (C=O) groups excluding carboxylic acids is 4. The lowest BCUT2D eigenvalue weighted by Gasteiger charge is -2.30. The molecule has 1 saturated heterocycles. The summed E-state index contributed by atoms with van der Waals surface area (Å²) >= 11 is 2.11. The van der Waals surface area contributed by atoms with E-state index < -0.39 is 34.9 Å². The number of nitrogens with one attached hydrogen (secondary N) is 1. The number of ether oxygens (including phenoxy) is 1. The van der Waals surface area contributed by atoms with Crippen molar-refractivity contribution in [3.05, 3.63) is 104 Å². The molecule has 3 amide bonds. The summed E-state index contributed by atoms with van der Waals surface area (Å²) in [4.78, 5) is 72.0. The molecule has 4 aromatic rings. The Morgan fingerprint density at radius 2 is 1.81 bits per heavy atom. The van der Waals surface area contributed by atoms with Crippen molar-refractivity contribution in [2.45, 2.75) is 36.6 Å². The minimum Gasteiger partial charge on any atom is -0.462 e. The van der Waals surface area contributed by atoms with E-state index in [1.165, 1.54) is 16.7 Å². The zero-order valence-corrected chi connectivity index (χ0v) is 24.8. The van der Waals surface area contributed by atoms with Crippen molar-refractivity contribution in [1.29, 1.82) is 0 Å². The number of hydrogen-bond donors (Lipinski definition) is 1. The van der Waals surface area contributed by atoms with Gasteiger partial charge in [-0.3, -0.25) is 28.7 Å². The van der Waals surface area contributed by atoms with E-state index in [9.17, 15) is 24.0 Å². The summed E-state index contributed by atoms with van der Waals surface area (Å²) in [5.74, 6) is -3.14. The third-order valence-electron chi connectivity index (χ3n) is 7.33. The summed E-state index contributed by atoms with van der Waals surface area (Å²) in [5.41, 5.74) is 2.93. The van der Waals surface area contributed by atoms with Gasteiger partial charge in [0.1, 0.15) is 11.8 Å². The van der Waals surface area contributed by atoms with Crippen LogP contribution in [0.15, 0.2) is 82.9 Å². The lowest BCUT2D eigenvalue weighted by molar-refractivity contribution is -0.122. The number of nitrogens with zero attached hydrogens (tertiary/aromatic N) is 3. The van der Waals surface area contributed by atoms with Crippen molar-refractivity contribution < 1.29 is 23.9 Å². The molecule has 2 aliphatic heterocycles. The summed E-state index contributed by atoms with van der Waals surface area (Å²) in [6, 6.07) is 17.0. The average molecular weight is 615 g/mol. The number of esters is 1. The van der Waals surface area contributed by atoms with Crippen molar-refractivity contribution in [2.24, 2.45) is 5.92 Å². The van der Waals surface area contributed by atoms with E-state index in [1.807, 2.05) is 31.2 Å². The van der Waals surface area contributed by atoms with Gasteiger partial charge in [-0.1, -0.05) is 41.3 Å². The summed E-state index contributed by atoms with van der Waals surface area (Å²) in [6.45, 7) is 3.60. The number of aromatic nitrogens is 2. The molecule has 1 fully saturated rings. The lowest BCUT2D eigenvalue weighted by atomic mass is 9.84. The Hall–Kier alpha value is -4.55. The van der Waals surface area contributed by atoms with Gasteiger partial charge in [-0.2, -0.15) is 0 Å². The Balaban J connectivity index is 1.36. The maximum atomic E-state index is 14.0. The molecule has 218 valence electrons. The number of fused-ring (bicyclic) bond motifs is 2. The highest BCUT2D eigenvalue weighted by atomic mass is 32.2. The third kappa shape index (κ3) is 5.28. The predicted octanol–water partition coefficient (Wildman–Crippen LogP) is 4.22. The number of benzene rings is 2. The van der Waals surface area contributed by atoms with Gasteiger partial charge in [-0.15, -0.1) is 0 Å². The highest BCUT2D eigenvalue weighted by Gasteiger charge is 2.56. The van der Waals surface area contributed by atoms with Gasteiger partial charge < -0.3 is 10.1 Å². The number of carbonyl (C=O) groups is 4. The Kier molecular flexibility index (Phi) is 7.72. The fourth-order valence-electron chi connectivity index (χ4n) is 5.46. The van der Waals surface area contributed by atoms with Gasteiger partial charge in [0.05, 0.1) is 28.8 Å². The van der Waals surface area contributed by atoms with Crippen LogP contribution >= 0.6 is 23.1 Å². The van der Waals surface area contributed by atoms with Crippen LogP contribution in [0.4, 0.5) is 11.4 Å². The Morgan fingerprint density at radius 1 is 1.02 bits per heavy atom. The molecule has 2 aromatic heterocycles. The second kappa shape index (κ2) is 11.6. The number of imide groups is 1. The van der Waals surface area contributed by atoms with E-state index in [2.05, 4.69) is 10.3 Å². The fraction of sp³-hybridized carbons (Fsp3) is 0.226. The van der Waals surface area contributed by atoms with E-state index in [0.717, 1.165) is 33.6 Å². The molecule has 10 nitrogen and oxygen atoms in total. The normalized spacial score (nSPS) is 19.1. The molecule has 3 atom stereocenters. The maximum absolute atomic E-state index is 14.0. The quantitative estimate of drug-likeness (QED) is 0.242. The average Bonchev–Trinajstić information content (AvgIpc) is 3.44. The van der Waals surface area contributed by atoms with Crippen molar-refractivity contribution >= 4 is 58.2 Å². The van der Waals surface area contributed by atoms with Crippen molar-refractivity contribution in [1.82, 2.24) is 9.55 Å². The molecule has 0 spiro atoms. The van der Waals surface area contributed by atoms with Crippen LogP contribution in [-0.4, -0.2) is 45.1 Å². The van der Waals surface area contributed by atoms with Gasteiger partial charge in [0.25, 0.3) is 0 Å². The Morgan fingerprint density at radius 3 is 2.51 bits per heavy atom. The van der Waals surface area contributed by atoms with Crippen molar-refractivity contribution in [3.8, 4) is 0 Å². The Labute approximate surface area is 254 Å². The molecule has 0 saturated carbocycles. The highest BCUT2D eigenvalue weighted by molar-refractivity contribution is 8.00. The van der Waals surface area contributed by atoms with Crippen LogP contribution in [0, 0.1) is 12.8 Å². The second-order valence-corrected chi connectivity index (χ2v) is 12.3. The van der Waals surface area contributed by atoms with Gasteiger partial charge >= 0.3 is 10.8 Å². The lowest BCUT2D eigenvalue weighted by Crippen LogP contribution is -2.33. The highest BCUT2D eigenvalue weighted by Crippen LogP contribution is 2.53. The number of thioether (sulfide) groups is 1. The number of amides is 3. The number of pyridine rings is 1. The van der Waals surface area contributed by atoms with E-state index in [1.54, 1.807) is 43.6 Å². The Bertz CT molecular complexity index is 1800. The van der Waals surface area contributed by atoms with Gasteiger partial charge in [0.2, 0.25) is 17.7 Å². The minimum atomic E-state index is -0.838. The first-order valence-corrected chi connectivity index (χ1v) is 15.3. The van der Waals surface area contributed by atoms with E-state index in [0.29, 0.717) is 32.4 Å². The molecule has 6 rings (SSSR count). The number of thiazole rings is 1. The maximum Gasteiger partial charge on any atom is 0.338 e. The molecule has 2 aromatic carbocycles. The largest absolute Gasteiger partial charge is 0.462 e. The number of aryl methyl sites for hydroxylation is 1. The summed E-state index contributed by atoms with van der Waals surface area (Å²) in [7, 11) is 0. The first-order chi connectivity index (χ1) is 20.8. The van der Waals surface area contributed by atoms with Crippen LogP contribution < -0.4 is 15.1 Å². The number of anilines is 2. The zero-order valence-electron chi connectivity index (χ0n) is 23.2. The van der Waals surface area contributed by atoms with E-state index >= 15 is 0 Å². The molecule has 43 heavy (non-hydrogen) atoms.